The van der Waals surface area contributed by atoms with E-state index in [1.54, 1.807) is 0 Å². The van der Waals surface area contributed by atoms with Crippen molar-refractivity contribution in [2.75, 3.05) is 69.6 Å². The fourth-order valence-corrected chi connectivity index (χ4v) is 6.21. The molecule has 3 saturated heterocycles. The summed E-state index contributed by atoms with van der Waals surface area (Å²) in [6.07, 6.45) is 12.6. The smallest absolute Gasteiger partial charge is 0.270 e. The average molecular weight is 496 g/mol. The standard InChI is InChI=1S/C28H45N7O/c1-30-26-23(6-7-24(32-26)35-14-4-2-3-5-15-35)25(29)27(36)31-22-8-16-33(17-9-22)20-21-34-18-12-28(10-11-28)13-19-34/h6-7,22,29H,2-5,8-21H2,1H3,(H,30,32)(H,31,36). The Morgan fingerprint density at radius 1 is 0.944 bits per heavy atom. The minimum absolute atomic E-state index is 0.00442. The van der Waals surface area contributed by atoms with Crippen LogP contribution in [0.5, 0.6) is 0 Å². The number of piperidine rings is 2. The first-order chi connectivity index (χ1) is 17.5. The summed E-state index contributed by atoms with van der Waals surface area (Å²) in [5.74, 6) is 1.25. The molecule has 4 fully saturated rings. The van der Waals surface area contributed by atoms with Gasteiger partial charge in [0.1, 0.15) is 17.3 Å². The fraction of sp³-hybridized carbons (Fsp3) is 0.750. The molecule has 4 heterocycles. The summed E-state index contributed by atoms with van der Waals surface area (Å²) in [5.41, 5.74) is 1.32. The summed E-state index contributed by atoms with van der Waals surface area (Å²) in [6.45, 7) is 8.92. The number of rotatable bonds is 8. The molecule has 1 aromatic rings. The van der Waals surface area contributed by atoms with Gasteiger partial charge < -0.3 is 25.3 Å². The average Bonchev–Trinajstić information content (AvgIpc) is 3.72. The topological polar surface area (TPSA) is 87.6 Å². The van der Waals surface area contributed by atoms with Crippen LogP contribution in [0.15, 0.2) is 12.1 Å². The van der Waals surface area contributed by atoms with Crippen LogP contribution in [0.2, 0.25) is 0 Å². The van der Waals surface area contributed by atoms with Gasteiger partial charge in [-0.3, -0.25) is 10.2 Å². The molecule has 5 rings (SSSR count). The Labute approximate surface area is 216 Å². The molecule has 4 aliphatic rings. The van der Waals surface area contributed by atoms with Crippen molar-refractivity contribution in [1.82, 2.24) is 20.1 Å². The highest BCUT2D eigenvalue weighted by Gasteiger charge is 2.44. The highest BCUT2D eigenvalue weighted by atomic mass is 16.1. The summed E-state index contributed by atoms with van der Waals surface area (Å²) in [6, 6.07) is 3.99. The van der Waals surface area contributed by atoms with E-state index in [-0.39, 0.29) is 17.7 Å². The van der Waals surface area contributed by atoms with Crippen molar-refractivity contribution in [3.05, 3.63) is 17.7 Å². The summed E-state index contributed by atoms with van der Waals surface area (Å²) in [7, 11) is 1.81. The molecule has 0 bridgehead atoms. The van der Waals surface area contributed by atoms with Gasteiger partial charge in [-0.15, -0.1) is 0 Å². The van der Waals surface area contributed by atoms with E-state index in [4.69, 9.17) is 10.4 Å². The van der Waals surface area contributed by atoms with Crippen LogP contribution in [0, 0.1) is 10.8 Å². The minimum atomic E-state index is -0.295. The Morgan fingerprint density at radius 2 is 1.58 bits per heavy atom. The molecule has 1 spiro atoms. The molecule has 0 unspecified atom stereocenters. The molecular weight excluding hydrogens is 450 g/mol. The zero-order valence-corrected chi connectivity index (χ0v) is 22.2. The van der Waals surface area contributed by atoms with Crippen molar-refractivity contribution in [3.8, 4) is 0 Å². The normalized spacial score (nSPS) is 23.3. The summed E-state index contributed by atoms with van der Waals surface area (Å²) in [4.78, 5) is 25.2. The number of anilines is 2. The van der Waals surface area contributed by atoms with Gasteiger partial charge >= 0.3 is 0 Å². The van der Waals surface area contributed by atoms with Crippen molar-refractivity contribution in [2.45, 2.75) is 70.3 Å². The Hall–Kier alpha value is -2.19. The predicted molar refractivity (Wildman–Crippen MR) is 146 cm³/mol. The van der Waals surface area contributed by atoms with Crippen molar-refractivity contribution in [3.63, 3.8) is 0 Å². The number of amides is 1. The van der Waals surface area contributed by atoms with Gasteiger partial charge in [0.15, 0.2) is 0 Å². The molecule has 1 aromatic heterocycles. The van der Waals surface area contributed by atoms with E-state index >= 15 is 0 Å². The Balaban J connectivity index is 1.07. The lowest BCUT2D eigenvalue weighted by Crippen LogP contribution is -2.48. The molecule has 0 radical (unpaired) electrons. The molecule has 1 aliphatic carbocycles. The molecule has 1 saturated carbocycles. The second kappa shape index (κ2) is 11.5. The van der Waals surface area contributed by atoms with Crippen LogP contribution in [0.1, 0.15) is 69.8 Å². The maximum atomic E-state index is 13.0. The number of hydrogen-bond acceptors (Lipinski definition) is 7. The first-order valence-corrected chi connectivity index (χ1v) is 14.3. The molecule has 198 valence electrons. The second-order valence-corrected chi connectivity index (χ2v) is 11.5. The molecule has 3 N–H and O–H groups in total. The van der Waals surface area contributed by atoms with Crippen LogP contribution in [0.3, 0.4) is 0 Å². The zero-order valence-electron chi connectivity index (χ0n) is 22.2. The Bertz CT molecular complexity index is 904. The third-order valence-corrected chi connectivity index (χ3v) is 9.07. The van der Waals surface area contributed by atoms with Gasteiger partial charge in [0, 0.05) is 57.9 Å². The van der Waals surface area contributed by atoms with Crippen molar-refractivity contribution in [1.29, 1.82) is 5.41 Å². The number of nitrogens with zero attached hydrogens (tertiary/aromatic N) is 4. The number of carbonyl (C=O) groups excluding carboxylic acids is 1. The highest BCUT2D eigenvalue weighted by Crippen LogP contribution is 2.53. The van der Waals surface area contributed by atoms with Crippen LogP contribution < -0.4 is 15.5 Å². The quantitative estimate of drug-likeness (QED) is 0.480. The number of likely N-dealkylation sites (tertiary alicyclic amines) is 2. The van der Waals surface area contributed by atoms with Gasteiger partial charge in [-0.25, -0.2) is 4.98 Å². The number of carbonyl (C=O) groups is 1. The van der Waals surface area contributed by atoms with Gasteiger partial charge in [0.2, 0.25) is 0 Å². The van der Waals surface area contributed by atoms with Gasteiger partial charge in [0.25, 0.3) is 5.91 Å². The number of hydrogen-bond donors (Lipinski definition) is 3. The second-order valence-electron chi connectivity index (χ2n) is 11.5. The van der Waals surface area contributed by atoms with E-state index < -0.39 is 0 Å². The zero-order chi connectivity index (χ0) is 25.0. The van der Waals surface area contributed by atoms with E-state index in [1.165, 1.54) is 71.0 Å². The van der Waals surface area contributed by atoms with E-state index in [1.807, 2.05) is 19.2 Å². The first-order valence-electron chi connectivity index (χ1n) is 14.3. The number of aromatic nitrogens is 1. The van der Waals surface area contributed by atoms with Crippen LogP contribution in [0.25, 0.3) is 0 Å². The van der Waals surface area contributed by atoms with Crippen LogP contribution in [-0.2, 0) is 4.79 Å². The predicted octanol–water partition coefficient (Wildman–Crippen LogP) is 3.33. The van der Waals surface area contributed by atoms with E-state index in [0.717, 1.165) is 56.8 Å². The van der Waals surface area contributed by atoms with Gasteiger partial charge in [-0.05, 0) is 82.0 Å². The van der Waals surface area contributed by atoms with Crippen LogP contribution in [0.4, 0.5) is 11.6 Å². The van der Waals surface area contributed by atoms with E-state index in [0.29, 0.717) is 11.4 Å². The minimum Gasteiger partial charge on any atom is -0.373 e. The molecular formula is C28H45N7O. The summed E-state index contributed by atoms with van der Waals surface area (Å²) in [5, 5.41) is 14.8. The Morgan fingerprint density at radius 3 is 2.19 bits per heavy atom. The molecule has 1 amide bonds. The molecule has 0 aromatic carbocycles. The Kier molecular flexibility index (Phi) is 8.11. The lowest BCUT2D eigenvalue weighted by molar-refractivity contribution is -0.115. The van der Waals surface area contributed by atoms with Gasteiger partial charge in [-0.1, -0.05) is 12.8 Å². The van der Waals surface area contributed by atoms with Crippen LogP contribution >= 0.6 is 0 Å². The van der Waals surface area contributed by atoms with E-state index in [2.05, 4.69) is 25.3 Å². The van der Waals surface area contributed by atoms with Gasteiger partial charge in [0.05, 0.1) is 0 Å². The fourth-order valence-electron chi connectivity index (χ4n) is 6.21. The van der Waals surface area contributed by atoms with Crippen LogP contribution in [-0.4, -0.2) is 91.9 Å². The maximum absolute atomic E-state index is 13.0. The first kappa shape index (κ1) is 25.5. The number of nitrogens with one attached hydrogen (secondary N) is 3. The largest absolute Gasteiger partial charge is 0.373 e. The van der Waals surface area contributed by atoms with Gasteiger partial charge in [-0.2, -0.15) is 0 Å². The lowest BCUT2D eigenvalue weighted by Gasteiger charge is -2.36. The lowest BCUT2D eigenvalue weighted by atomic mass is 9.94. The molecule has 8 heteroatoms. The third kappa shape index (κ3) is 6.20. The van der Waals surface area contributed by atoms with Crippen molar-refractivity contribution < 1.29 is 4.79 Å². The molecule has 8 nitrogen and oxygen atoms in total. The SMILES string of the molecule is CNc1nc(N2CCCCCC2)ccc1C(=N)C(=O)NC1CCN(CCN2CCC3(CC2)CC3)CC1. The number of pyridine rings is 1. The molecule has 36 heavy (non-hydrogen) atoms. The summed E-state index contributed by atoms with van der Waals surface area (Å²) < 4.78 is 0. The van der Waals surface area contributed by atoms with Crippen molar-refractivity contribution in [2.24, 2.45) is 5.41 Å². The summed E-state index contributed by atoms with van der Waals surface area (Å²) >= 11 is 0. The molecule has 0 atom stereocenters. The monoisotopic (exact) mass is 495 g/mol. The highest BCUT2D eigenvalue weighted by molar-refractivity contribution is 6.45. The third-order valence-electron chi connectivity index (χ3n) is 9.07. The van der Waals surface area contributed by atoms with E-state index in [9.17, 15) is 4.79 Å². The molecule has 3 aliphatic heterocycles. The maximum Gasteiger partial charge on any atom is 0.270 e. The van der Waals surface area contributed by atoms with Crippen molar-refractivity contribution >= 4 is 23.3 Å².